The minimum Gasteiger partial charge on any atom is -0.495 e. The average Bonchev–Trinajstić information content (AvgIpc) is 2.56. The molecule has 0 bridgehead atoms. The van der Waals surface area contributed by atoms with Crippen molar-refractivity contribution >= 4 is 17.5 Å². The third-order valence-corrected chi connectivity index (χ3v) is 4.60. The first kappa shape index (κ1) is 15.8. The Morgan fingerprint density at radius 1 is 1.26 bits per heavy atom. The molecule has 1 heterocycles. The van der Waals surface area contributed by atoms with E-state index in [9.17, 15) is 9.59 Å². The zero-order valence-corrected chi connectivity index (χ0v) is 13.3. The fraction of sp³-hybridized carbons (Fsp3) is 0.529. The molecule has 3 atom stereocenters. The van der Waals surface area contributed by atoms with Gasteiger partial charge in [-0.15, -0.1) is 0 Å². The number of para-hydroxylation sites is 2. The highest BCUT2D eigenvalue weighted by Crippen LogP contribution is 2.24. The lowest BCUT2D eigenvalue weighted by Gasteiger charge is -2.40. The van der Waals surface area contributed by atoms with Crippen LogP contribution in [0.2, 0.25) is 0 Å². The van der Waals surface area contributed by atoms with Gasteiger partial charge in [0.15, 0.2) is 0 Å². The number of hydrogen-bond donors (Lipinski definition) is 3. The summed E-state index contributed by atoms with van der Waals surface area (Å²) in [5, 5.41) is 9.22. The minimum atomic E-state index is -0.468. The van der Waals surface area contributed by atoms with Crippen LogP contribution in [-0.2, 0) is 9.59 Å². The number of carbonyl (C=O) groups excluding carboxylic acids is 2. The molecule has 2 amide bonds. The predicted molar refractivity (Wildman–Crippen MR) is 87.4 cm³/mol. The van der Waals surface area contributed by atoms with Gasteiger partial charge in [-0.05, 0) is 25.0 Å². The van der Waals surface area contributed by atoms with Crippen molar-refractivity contribution in [3.8, 4) is 5.75 Å². The smallest absolute Gasteiger partial charge is 0.237 e. The summed E-state index contributed by atoms with van der Waals surface area (Å²) in [5.74, 6) is 0.328. The van der Waals surface area contributed by atoms with Crippen LogP contribution >= 0.6 is 0 Å². The molecule has 2 fully saturated rings. The third-order valence-electron chi connectivity index (χ3n) is 4.60. The van der Waals surface area contributed by atoms with Crippen LogP contribution in [-0.4, -0.2) is 37.0 Å². The molecule has 2 aliphatic rings. The van der Waals surface area contributed by atoms with Crippen LogP contribution in [0.15, 0.2) is 24.3 Å². The van der Waals surface area contributed by atoms with Crippen molar-refractivity contribution in [2.75, 3.05) is 12.4 Å². The van der Waals surface area contributed by atoms with Crippen LogP contribution < -0.4 is 20.7 Å². The highest BCUT2D eigenvalue weighted by Gasteiger charge is 2.36. The number of carbonyl (C=O) groups is 2. The maximum Gasteiger partial charge on any atom is 0.237 e. The summed E-state index contributed by atoms with van der Waals surface area (Å²) in [6.07, 6.45) is 4.51. The molecule has 1 saturated heterocycles. The van der Waals surface area contributed by atoms with Gasteiger partial charge in [-0.25, -0.2) is 0 Å². The van der Waals surface area contributed by atoms with Gasteiger partial charge < -0.3 is 20.7 Å². The second-order valence-electron chi connectivity index (χ2n) is 6.18. The Kier molecular flexibility index (Phi) is 4.81. The van der Waals surface area contributed by atoms with Crippen molar-refractivity contribution in [2.45, 2.75) is 50.2 Å². The molecular formula is C17H23N3O3. The summed E-state index contributed by atoms with van der Waals surface area (Å²) in [5.41, 5.74) is 0.617. The van der Waals surface area contributed by atoms with E-state index in [1.165, 1.54) is 6.42 Å². The van der Waals surface area contributed by atoms with E-state index in [-0.39, 0.29) is 30.3 Å². The monoisotopic (exact) mass is 317 g/mol. The van der Waals surface area contributed by atoms with Gasteiger partial charge in [0.1, 0.15) is 5.75 Å². The second kappa shape index (κ2) is 7.00. The molecule has 6 heteroatoms. The third kappa shape index (κ3) is 3.64. The second-order valence-corrected chi connectivity index (χ2v) is 6.18. The molecule has 3 rings (SSSR count). The Balaban J connectivity index is 1.60. The first-order chi connectivity index (χ1) is 11.2. The van der Waals surface area contributed by atoms with Crippen LogP contribution in [0.3, 0.4) is 0 Å². The van der Waals surface area contributed by atoms with Crippen molar-refractivity contribution in [1.82, 2.24) is 10.6 Å². The molecular weight excluding hydrogens is 294 g/mol. The van der Waals surface area contributed by atoms with Crippen LogP contribution in [0, 0.1) is 0 Å². The minimum absolute atomic E-state index is 0.0803. The Hall–Kier alpha value is -2.08. The Morgan fingerprint density at radius 3 is 2.78 bits per heavy atom. The number of benzene rings is 1. The van der Waals surface area contributed by atoms with Gasteiger partial charge >= 0.3 is 0 Å². The van der Waals surface area contributed by atoms with Gasteiger partial charge in [-0.2, -0.15) is 0 Å². The van der Waals surface area contributed by atoms with Gasteiger partial charge in [-0.3, -0.25) is 9.59 Å². The molecule has 6 nitrogen and oxygen atoms in total. The van der Waals surface area contributed by atoms with E-state index >= 15 is 0 Å². The van der Waals surface area contributed by atoms with Crippen LogP contribution in [0.25, 0.3) is 0 Å². The number of rotatable bonds is 4. The van der Waals surface area contributed by atoms with E-state index in [2.05, 4.69) is 16.0 Å². The predicted octanol–water partition coefficient (Wildman–Crippen LogP) is 1.42. The van der Waals surface area contributed by atoms with E-state index in [1.807, 2.05) is 12.1 Å². The quantitative estimate of drug-likeness (QED) is 0.785. The number of nitrogens with one attached hydrogen (secondary N) is 3. The van der Waals surface area contributed by atoms with Crippen LogP contribution in [0.1, 0.15) is 32.1 Å². The first-order valence-electron chi connectivity index (χ1n) is 8.16. The van der Waals surface area contributed by atoms with Crippen molar-refractivity contribution in [3.63, 3.8) is 0 Å². The number of ether oxygens (including phenoxy) is 1. The number of hydrogen-bond acceptors (Lipinski definition) is 4. The molecule has 1 aliphatic carbocycles. The normalized spacial score (nSPS) is 26.8. The highest BCUT2D eigenvalue weighted by molar-refractivity contribution is 5.96. The molecule has 1 aromatic rings. The zero-order valence-electron chi connectivity index (χ0n) is 13.3. The fourth-order valence-corrected chi connectivity index (χ4v) is 3.41. The Bertz CT molecular complexity index is 590. The lowest BCUT2D eigenvalue weighted by atomic mass is 9.87. The average molecular weight is 317 g/mol. The number of piperazine rings is 1. The summed E-state index contributed by atoms with van der Waals surface area (Å²) in [4.78, 5) is 24.4. The van der Waals surface area contributed by atoms with Gasteiger partial charge in [0, 0.05) is 12.1 Å². The number of methoxy groups -OCH3 is 1. The van der Waals surface area contributed by atoms with Crippen LogP contribution in [0.5, 0.6) is 5.75 Å². The standard InChI is InChI=1S/C17H23N3O3/c1-23-15-9-5-4-8-13(15)19-16(21)10-14-17(22)20-12-7-3-2-6-11(12)18-14/h4-5,8-9,11-12,14,18H,2-3,6-7,10H2,1H3,(H,19,21)(H,20,22)/t11-,12+,14-/m0/s1. The lowest BCUT2D eigenvalue weighted by Crippen LogP contribution is -2.65. The van der Waals surface area contributed by atoms with Gasteiger partial charge in [0.25, 0.3) is 0 Å². The van der Waals surface area contributed by atoms with E-state index in [0.29, 0.717) is 11.4 Å². The Labute approximate surface area is 136 Å². The molecule has 0 radical (unpaired) electrons. The molecule has 3 N–H and O–H groups in total. The molecule has 1 aromatic carbocycles. The molecule has 0 aromatic heterocycles. The van der Waals surface area contributed by atoms with Gasteiger partial charge in [-0.1, -0.05) is 25.0 Å². The van der Waals surface area contributed by atoms with E-state index < -0.39 is 6.04 Å². The van der Waals surface area contributed by atoms with Gasteiger partial charge in [0.2, 0.25) is 11.8 Å². The largest absolute Gasteiger partial charge is 0.495 e. The summed E-state index contributed by atoms with van der Waals surface area (Å²) in [7, 11) is 1.56. The molecule has 124 valence electrons. The summed E-state index contributed by atoms with van der Waals surface area (Å²) >= 11 is 0. The maximum atomic E-state index is 12.3. The molecule has 23 heavy (non-hydrogen) atoms. The SMILES string of the molecule is COc1ccccc1NC(=O)C[C@@H]1N[C@H]2CCCC[C@H]2NC1=O. The summed E-state index contributed by atoms with van der Waals surface area (Å²) in [6, 6.07) is 7.26. The van der Waals surface area contributed by atoms with E-state index in [4.69, 9.17) is 4.74 Å². The van der Waals surface area contributed by atoms with Crippen molar-refractivity contribution in [1.29, 1.82) is 0 Å². The topological polar surface area (TPSA) is 79.5 Å². The highest BCUT2D eigenvalue weighted by atomic mass is 16.5. The van der Waals surface area contributed by atoms with Crippen molar-refractivity contribution in [2.24, 2.45) is 0 Å². The lowest BCUT2D eigenvalue weighted by molar-refractivity contribution is -0.129. The van der Waals surface area contributed by atoms with Gasteiger partial charge in [0.05, 0.1) is 25.3 Å². The fourth-order valence-electron chi connectivity index (χ4n) is 3.41. The van der Waals surface area contributed by atoms with Crippen molar-refractivity contribution < 1.29 is 14.3 Å². The van der Waals surface area contributed by atoms with E-state index in [0.717, 1.165) is 19.3 Å². The number of anilines is 1. The first-order valence-corrected chi connectivity index (χ1v) is 8.16. The van der Waals surface area contributed by atoms with Crippen LogP contribution in [0.4, 0.5) is 5.69 Å². The Morgan fingerprint density at radius 2 is 2.00 bits per heavy atom. The molecule has 0 spiro atoms. The molecule has 1 saturated carbocycles. The molecule has 1 aliphatic heterocycles. The summed E-state index contributed by atoms with van der Waals surface area (Å²) in [6.45, 7) is 0. The zero-order chi connectivity index (χ0) is 16.2. The maximum absolute atomic E-state index is 12.3. The number of fused-ring (bicyclic) bond motifs is 1. The van der Waals surface area contributed by atoms with Crippen molar-refractivity contribution in [3.05, 3.63) is 24.3 Å². The van der Waals surface area contributed by atoms with E-state index in [1.54, 1.807) is 19.2 Å². The molecule has 0 unspecified atom stereocenters. The summed E-state index contributed by atoms with van der Waals surface area (Å²) < 4.78 is 5.22. The number of amides is 2.